The summed E-state index contributed by atoms with van der Waals surface area (Å²) in [6, 6.07) is 0. The number of carbonyl (C=O) groups is 1. The molecule has 1 N–H and O–H groups in total. The lowest BCUT2D eigenvalue weighted by atomic mass is 10.4. The summed E-state index contributed by atoms with van der Waals surface area (Å²) in [5, 5.41) is 12.6. The fourth-order valence-corrected chi connectivity index (χ4v) is 0.967. The molecule has 0 amide bonds. The summed E-state index contributed by atoms with van der Waals surface area (Å²) in [4.78, 5) is 22.0. The molecule has 7 nitrogen and oxygen atoms in total. The van der Waals surface area contributed by atoms with E-state index < -0.39 is 5.97 Å². The molecule has 0 aliphatic carbocycles. The number of rotatable bonds is 2. The fraction of sp³-hybridized carbons (Fsp3) is 0. The smallest absolute Gasteiger partial charge is 0.358 e. The van der Waals surface area contributed by atoms with Crippen LogP contribution in [0.15, 0.2) is 25.0 Å². The molecule has 2 heterocycles. The lowest BCUT2D eigenvalue weighted by molar-refractivity contribution is 0.0690. The Morgan fingerprint density at radius 3 is 2.79 bits per heavy atom. The van der Waals surface area contributed by atoms with E-state index in [4.69, 9.17) is 5.11 Å². The van der Waals surface area contributed by atoms with Gasteiger partial charge in [0.05, 0.1) is 0 Å². The second kappa shape index (κ2) is 3.21. The maximum absolute atomic E-state index is 10.8. The van der Waals surface area contributed by atoms with E-state index in [9.17, 15) is 4.79 Å². The van der Waals surface area contributed by atoms with Crippen molar-refractivity contribution < 1.29 is 9.90 Å². The molecule has 0 aliphatic heterocycles. The molecular formula is C7H5N5O2. The van der Waals surface area contributed by atoms with Crippen LogP contribution in [0.25, 0.3) is 5.82 Å². The van der Waals surface area contributed by atoms with Gasteiger partial charge in [-0.25, -0.2) is 24.4 Å². The van der Waals surface area contributed by atoms with Crippen LogP contribution < -0.4 is 0 Å². The second-order valence-electron chi connectivity index (χ2n) is 2.37. The highest BCUT2D eigenvalue weighted by Crippen LogP contribution is 2.05. The molecule has 0 aliphatic rings. The van der Waals surface area contributed by atoms with Crippen LogP contribution in [0.1, 0.15) is 10.5 Å². The molecule has 0 spiro atoms. The molecule has 14 heavy (non-hydrogen) atoms. The van der Waals surface area contributed by atoms with E-state index in [0.29, 0.717) is 0 Å². The number of hydrogen-bond donors (Lipinski definition) is 1. The predicted molar refractivity (Wildman–Crippen MR) is 43.9 cm³/mol. The molecule has 2 aromatic heterocycles. The van der Waals surface area contributed by atoms with Crippen LogP contribution in [-0.2, 0) is 0 Å². The van der Waals surface area contributed by atoms with Crippen molar-refractivity contribution in [2.75, 3.05) is 0 Å². The minimum Gasteiger partial charge on any atom is -0.476 e. The molecule has 0 radical (unpaired) electrons. The van der Waals surface area contributed by atoms with Crippen molar-refractivity contribution in [1.82, 2.24) is 24.7 Å². The summed E-state index contributed by atoms with van der Waals surface area (Å²) in [6.07, 6.45) is 5.35. The monoisotopic (exact) mass is 191 g/mol. The van der Waals surface area contributed by atoms with E-state index >= 15 is 0 Å². The van der Waals surface area contributed by atoms with Crippen LogP contribution in [0.2, 0.25) is 0 Å². The van der Waals surface area contributed by atoms with Crippen molar-refractivity contribution in [3.05, 3.63) is 30.7 Å². The molecule has 2 aromatic rings. The van der Waals surface area contributed by atoms with E-state index in [2.05, 4.69) is 20.1 Å². The number of carboxylic acids is 1. The van der Waals surface area contributed by atoms with E-state index in [0.717, 1.165) is 0 Å². The van der Waals surface area contributed by atoms with Gasteiger partial charge in [-0.1, -0.05) is 0 Å². The van der Waals surface area contributed by atoms with E-state index in [1.807, 2.05) is 0 Å². The van der Waals surface area contributed by atoms with Crippen LogP contribution in [0.5, 0.6) is 0 Å². The quantitative estimate of drug-likeness (QED) is 0.703. The van der Waals surface area contributed by atoms with Gasteiger partial charge < -0.3 is 5.11 Å². The van der Waals surface area contributed by atoms with Gasteiger partial charge in [-0.2, -0.15) is 5.10 Å². The number of aromatic carboxylic acids is 1. The average molecular weight is 191 g/mol. The van der Waals surface area contributed by atoms with Crippen molar-refractivity contribution in [3.63, 3.8) is 0 Å². The van der Waals surface area contributed by atoms with Crippen LogP contribution in [0.3, 0.4) is 0 Å². The minimum atomic E-state index is -1.15. The molecule has 0 bridgehead atoms. The first-order valence-corrected chi connectivity index (χ1v) is 3.68. The van der Waals surface area contributed by atoms with Gasteiger partial charge in [0.1, 0.15) is 12.7 Å². The molecule has 0 saturated heterocycles. The number of carboxylic acid groups (broad SMARTS) is 1. The molecule has 0 aromatic carbocycles. The normalized spacial score (nSPS) is 10.0. The molecule has 0 fully saturated rings. The highest BCUT2D eigenvalue weighted by atomic mass is 16.4. The lowest BCUT2D eigenvalue weighted by Crippen LogP contribution is -2.10. The minimum absolute atomic E-state index is 0.150. The second-order valence-corrected chi connectivity index (χ2v) is 2.37. The Balaban J connectivity index is 2.58. The van der Waals surface area contributed by atoms with Crippen molar-refractivity contribution in [2.45, 2.75) is 0 Å². The van der Waals surface area contributed by atoms with Crippen LogP contribution in [0, 0.1) is 0 Å². The highest BCUT2D eigenvalue weighted by Gasteiger charge is 2.14. The Kier molecular flexibility index (Phi) is 1.90. The predicted octanol–water partition coefficient (Wildman–Crippen LogP) is -0.244. The molecule has 0 atom stereocenters. The Labute approximate surface area is 78.1 Å². The number of aromatic nitrogens is 5. The van der Waals surface area contributed by atoms with Gasteiger partial charge in [-0.15, -0.1) is 0 Å². The number of nitrogens with zero attached hydrogens (tertiary/aromatic N) is 5. The van der Waals surface area contributed by atoms with Crippen molar-refractivity contribution >= 4 is 5.97 Å². The van der Waals surface area contributed by atoms with Crippen LogP contribution in [-0.4, -0.2) is 35.8 Å². The molecule has 0 saturated carbocycles. The first kappa shape index (κ1) is 8.30. The van der Waals surface area contributed by atoms with Gasteiger partial charge in [-0.05, 0) is 0 Å². The highest BCUT2D eigenvalue weighted by molar-refractivity contribution is 5.88. The summed E-state index contributed by atoms with van der Waals surface area (Å²) in [5.74, 6) is -0.999. The Morgan fingerprint density at radius 1 is 1.36 bits per heavy atom. The summed E-state index contributed by atoms with van der Waals surface area (Å²) >= 11 is 0. The molecule has 0 unspecified atom stereocenters. The zero-order chi connectivity index (χ0) is 9.97. The van der Waals surface area contributed by atoms with E-state index in [1.165, 1.54) is 29.7 Å². The SMILES string of the molecule is O=C(O)c1nccnc1-n1cncn1. The lowest BCUT2D eigenvalue weighted by Gasteiger charge is -2.01. The zero-order valence-electron chi connectivity index (χ0n) is 6.90. The third-order valence-electron chi connectivity index (χ3n) is 1.52. The molecule has 7 heteroatoms. The van der Waals surface area contributed by atoms with Crippen LogP contribution >= 0.6 is 0 Å². The standard InChI is InChI=1S/C7H5N5O2/c13-7(14)5-6(10-2-1-9-5)12-4-8-3-11-12/h1-4H,(H,13,14). The first-order valence-electron chi connectivity index (χ1n) is 3.68. The summed E-state index contributed by atoms with van der Waals surface area (Å²) < 4.78 is 1.25. The summed E-state index contributed by atoms with van der Waals surface area (Å²) in [5.41, 5.74) is -0.155. The van der Waals surface area contributed by atoms with Crippen molar-refractivity contribution in [2.24, 2.45) is 0 Å². The summed E-state index contributed by atoms with van der Waals surface area (Å²) in [7, 11) is 0. The third-order valence-corrected chi connectivity index (χ3v) is 1.52. The number of hydrogen-bond acceptors (Lipinski definition) is 5. The van der Waals surface area contributed by atoms with Crippen molar-refractivity contribution in [1.29, 1.82) is 0 Å². The first-order chi connectivity index (χ1) is 6.79. The maximum Gasteiger partial charge on any atom is 0.358 e. The van der Waals surface area contributed by atoms with Crippen LogP contribution in [0.4, 0.5) is 0 Å². The fourth-order valence-electron chi connectivity index (χ4n) is 0.967. The topological polar surface area (TPSA) is 93.8 Å². The Morgan fingerprint density at radius 2 is 2.14 bits per heavy atom. The molecule has 2 rings (SSSR count). The van der Waals surface area contributed by atoms with Gasteiger partial charge in [-0.3, -0.25) is 0 Å². The van der Waals surface area contributed by atoms with Gasteiger partial charge in [0.15, 0.2) is 11.5 Å². The zero-order valence-corrected chi connectivity index (χ0v) is 6.90. The van der Waals surface area contributed by atoms with Crippen molar-refractivity contribution in [3.8, 4) is 5.82 Å². The van der Waals surface area contributed by atoms with Gasteiger partial charge in [0, 0.05) is 12.4 Å². The molecule has 70 valence electrons. The summed E-state index contributed by atoms with van der Waals surface area (Å²) in [6.45, 7) is 0. The van der Waals surface area contributed by atoms with E-state index in [1.54, 1.807) is 0 Å². The largest absolute Gasteiger partial charge is 0.476 e. The van der Waals surface area contributed by atoms with E-state index in [-0.39, 0.29) is 11.5 Å². The van der Waals surface area contributed by atoms with Gasteiger partial charge in [0.2, 0.25) is 0 Å². The maximum atomic E-state index is 10.8. The van der Waals surface area contributed by atoms with Gasteiger partial charge in [0.25, 0.3) is 0 Å². The Hall–Kier alpha value is -2.31. The average Bonchev–Trinajstić information content (AvgIpc) is 2.70. The Bertz CT molecular complexity index is 453. The van der Waals surface area contributed by atoms with Gasteiger partial charge >= 0.3 is 5.97 Å². The molecular weight excluding hydrogens is 186 g/mol. The third kappa shape index (κ3) is 1.30.